The van der Waals surface area contributed by atoms with Crippen molar-refractivity contribution < 1.29 is 4.52 Å². The van der Waals surface area contributed by atoms with E-state index in [4.69, 9.17) is 16.1 Å². The quantitative estimate of drug-likeness (QED) is 0.660. The number of rotatable bonds is 4. The van der Waals surface area contributed by atoms with Crippen LogP contribution in [-0.2, 0) is 6.54 Å². The lowest BCUT2D eigenvalue weighted by molar-refractivity contribution is 0.189. The highest BCUT2D eigenvalue weighted by Gasteiger charge is 2.25. The maximum absolute atomic E-state index is 6.00. The second-order valence-corrected chi connectivity index (χ2v) is 8.30. The lowest BCUT2D eigenvalue weighted by atomic mass is 9.97. The molecule has 0 saturated carbocycles. The first-order valence-corrected chi connectivity index (χ1v) is 9.74. The Kier molecular flexibility index (Phi) is 4.48. The van der Waals surface area contributed by atoms with Crippen molar-refractivity contribution >= 4 is 34.3 Å². The Morgan fingerprint density at radius 1 is 1.26 bits per heavy atom. The minimum absolute atomic E-state index is 0.373. The van der Waals surface area contributed by atoms with E-state index in [1.807, 2.05) is 22.9 Å². The largest absolute Gasteiger partial charge is 0.339 e. The van der Waals surface area contributed by atoms with Gasteiger partial charge >= 0.3 is 0 Å². The molecule has 4 nitrogen and oxygen atoms in total. The van der Waals surface area contributed by atoms with Crippen molar-refractivity contribution in [3.63, 3.8) is 0 Å². The summed E-state index contributed by atoms with van der Waals surface area (Å²) in [6.07, 6.45) is 2.12. The summed E-state index contributed by atoms with van der Waals surface area (Å²) >= 11 is 9.31. The summed E-state index contributed by atoms with van der Waals surface area (Å²) in [7, 11) is 0. The number of thiophene rings is 2. The van der Waals surface area contributed by atoms with E-state index >= 15 is 0 Å². The Morgan fingerprint density at radius 3 is 2.83 bits per heavy atom. The molecule has 23 heavy (non-hydrogen) atoms. The lowest BCUT2D eigenvalue weighted by Gasteiger charge is -2.29. The Morgan fingerprint density at radius 2 is 2.13 bits per heavy atom. The van der Waals surface area contributed by atoms with Gasteiger partial charge in [0.25, 0.3) is 0 Å². The van der Waals surface area contributed by atoms with E-state index in [1.54, 1.807) is 22.7 Å². The third-order valence-electron chi connectivity index (χ3n) is 4.17. The molecule has 1 fully saturated rings. The van der Waals surface area contributed by atoms with E-state index < -0.39 is 0 Å². The van der Waals surface area contributed by atoms with Crippen LogP contribution in [0, 0.1) is 0 Å². The zero-order chi connectivity index (χ0) is 15.6. The van der Waals surface area contributed by atoms with E-state index in [-0.39, 0.29) is 0 Å². The predicted octanol–water partition coefficient (Wildman–Crippen LogP) is 4.89. The molecule has 0 atom stereocenters. The Hall–Kier alpha value is -1.21. The van der Waals surface area contributed by atoms with E-state index in [1.165, 1.54) is 4.88 Å². The van der Waals surface area contributed by atoms with E-state index in [0.29, 0.717) is 11.7 Å². The molecule has 0 spiro atoms. The summed E-state index contributed by atoms with van der Waals surface area (Å²) in [5.74, 6) is 1.86. The number of hydrogen-bond donors (Lipinski definition) is 0. The molecule has 0 bridgehead atoms. The molecule has 120 valence electrons. The van der Waals surface area contributed by atoms with Gasteiger partial charge in [0.1, 0.15) is 0 Å². The molecule has 1 saturated heterocycles. The molecule has 7 heteroatoms. The molecule has 1 aliphatic heterocycles. The fourth-order valence-electron chi connectivity index (χ4n) is 2.91. The Balaban J connectivity index is 1.36. The first-order valence-electron chi connectivity index (χ1n) is 7.60. The topological polar surface area (TPSA) is 42.2 Å². The van der Waals surface area contributed by atoms with Crippen LogP contribution in [0.25, 0.3) is 11.4 Å². The molecule has 0 aromatic carbocycles. The van der Waals surface area contributed by atoms with Gasteiger partial charge in [-0.1, -0.05) is 16.8 Å². The third kappa shape index (κ3) is 3.50. The Labute approximate surface area is 147 Å². The SMILES string of the molecule is Clc1ccc(CN2CCC(c3nc(-c4ccsc4)no3)CC2)s1. The number of hydrogen-bond acceptors (Lipinski definition) is 6. The van der Waals surface area contributed by atoms with Gasteiger partial charge in [-0.15, -0.1) is 11.3 Å². The first kappa shape index (κ1) is 15.3. The van der Waals surface area contributed by atoms with Gasteiger partial charge in [-0.05, 0) is 49.5 Å². The highest BCUT2D eigenvalue weighted by molar-refractivity contribution is 7.16. The summed E-state index contributed by atoms with van der Waals surface area (Å²) in [4.78, 5) is 8.38. The van der Waals surface area contributed by atoms with Crippen LogP contribution in [0.3, 0.4) is 0 Å². The molecular formula is C16H16ClN3OS2. The highest BCUT2D eigenvalue weighted by atomic mass is 35.5. The van der Waals surface area contributed by atoms with Crippen LogP contribution in [0.4, 0.5) is 0 Å². The van der Waals surface area contributed by atoms with Crippen molar-refractivity contribution in [1.29, 1.82) is 0 Å². The number of likely N-dealkylation sites (tertiary alicyclic amines) is 1. The second kappa shape index (κ2) is 6.73. The molecule has 0 amide bonds. The van der Waals surface area contributed by atoms with Crippen LogP contribution < -0.4 is 0 Å². The molecule has 0 N–H and O–H groups in total. The normalized spacial score (nSPS) is 16.9. The molecule has 0 radical (unpaired) electrons. The Bertz CT molecular complexity index is 760. The van der Waals surface area contributed by atoms with Crippen molar-refractivity contribution in [1.82, 2.24) is 15.0 Å². The van der Waals surface area contributed by atoms with Gasteiger partial charge in [0.2, 0.25) is 11.7 Å². The van der Waals surface area contributed by atoms with Crippen LogP contribution >= 0.6 is 34.3 Å². The monoisotopic (exact) mass is 365 g/mol. The summed E-state index contributed by atoms with van der Waals surface area (Å²) in [5.41, 5.74) is 1.04. The molecule has 3 aromatic heterocycles. The van der Waals surface area contributed by atoms with Gasteiger partial charge in [-0.2, -0.15) is 16.3 Å². The molecule has 0 aliphatic carbocycles. The predicted molar refractivity (Wildman–Crippen MR) is 94.2 cm³/mol. The van der Waals surface area contributed by atoms with E-state index in [0.717, 1.165) is 48.3 Å². The fraction of sp³-hybridized carbons (Fsp3) is 0.375. The van der Waals surface area contributed by atoms with E-state index in [9.17, 15) is 0 Å². The lowest BCUT2D eigenvalue weighted by Crippen LogP contribution is -2.32. The van der Waals surface area contributed by atoms with E-state index in [2.05, 4.69) is 21.1 Å². The van der Waals surface area contributed by atoms with Gasteiger partial charge in [0.05, 0.1) is 4.34 Å². The standard InChI is InChI=1S/C16H16ClN3OS2/c17-14-2-1-13(23-14)9-20-6-3-11(4-7-20)16-18-15(19-21-16)12-5-8-22-10-12/h1-2,5,8,10-11H,3-4,6-7,9H2. The van der Waals surface area contributed by atoms with Crippen LogP contribution in [-0.4, -0.2) is 28.1 Å². The third-order valence-corrected chi connectivity index (χ3v) is 6.07. The summed E-state index contributed by atoms with van der Waals surface area (Å²) < 4.78 is 6.36. The number of nitrogens with zero attached hydrogens (tertiary/aromatic N) is 3. The van der Waals surface area contributed by atoms with Crippen molar-refractivity contribution in [3.05, 3.63) is 44.1 Å². The van der Waals surface area contributed by atoms with Crippen molar-refractivity contribution in [2.75, 3.05) is 13.1 Å². The maximum atomic E-state index is 6.00. The van der Waals surface area contributed by atoms with Gasteiger partial charge < -0.3 is 4.52 Å². The highest BCUT2D eigenvalue weighted by Crippen LogP contribution is 2.30. The smallest absolute Gasteiger partial charge is 0.230 e. The molecule has 1 aliphatic rings. The van der Waals surface area contributed by atoms with Gasteiger partial charge in [0, 0.05) is 28.3 Å². The van der Waals surface area contributed by atoms with Crippen molar-refractivity contribution in [3.8, 4) is 11.4 Å². The number of aromatic nitrogens is 2. The van der Waals surface area contributed by atoms with Crippen molar-refractivity contribution in [2.45, 2.75) is 25.3 Å². The van der Waals surface area contributed by atoms with Crippen LogP contribution in [0.1, 0.15) is 29.5 Å². The fourth-order valence-corrected chi connectivity index (χ4v) is 4.67. The number of piperidine rings is 1. The number of halogens is 1. The summed E-state index contributed by atoms with van der Waals surface area (Å²) in [5, 5.41) is 8.19. The zero-order valence-corrected chi connectivity index (χ0v) is 14.8. The second-order valence-electron chi connectivity index (χ2n) is 5.72. The summed E-state index contributed by atoms with van der Waals surface area (Å²) in [6, 6.07) is 6.11. The average molecular weight is 366 g/mol. The molecular weight excluding hydrogens is 350 g/mol. The van der Waals surface area contributed by atoms with Gasteiger partial charge in [-0.25, -0.2) is 0 Å². The van der Waals surface area contributed by atoms with Crippen LogP contribution in [0.2, 0.25) is 4.34 Å². The molecule has 3 aromatic rings. The average Bonchev–Trinajstić information content (AvgIpc) is 3.28. The van der Waals surface area contributed by atoms with Crippen LogP contribution in [0.15, 0.2) is 33.5 Å². The minimum atomic E-state index is 0.373. The molecule has 4 heterocycles. The zero-order valence-electron chi connectivity index (χ0n) is 12.4. The first-order chi connectivity index (χ1) is 11.3. The molecule has 0 unspecified atom stereocenters. The maximum Gasteiger partial charge on any atom is 0.230 e. The molecule has 4 rings (SSSR count). The summed E-state index contributed by atoms with van der Waals surface area (Å²) in [6.45, 7) is 3.08. The minimum Gasteiger partial charge on any atom is -0.339 e. The van der Waals surface area contributed by atoms with Crippen LogP contribution in [0.5, 0.6) is 0 Å². The van der Waals surface area contributed by atoms with Crippen molar-refractivity contribution in [2.24, 2.45) is 0 Å². The van der Waals surface area contributed by atoms with Gasteiger partial charge in [0.15, 0.2) is 0 Å². The van der Waals surface area contributed by atoms with Gasteiger partial charge in [-0.3, -0.25) is 4.90 Å².